The van der Waals surface area contributed by atoms with E-state index in [9.17, 15) is 4.79 Å². The molecule has 1 saturated carbocycles. The average Bonchev–Trinajstić information content (AvgIpc) is 3.30. The van der Waals surface area contributed by atoms with E-state index in [2.05, 4.69) is 20.7 Å². The van der Waals surface area contributed by atoms with Crippen LogP contribution in [0.5, 0.6) is 0 Å². The Balaban J connectivity index is 1.32. The molecule has 0 bridgehead atoms. The van der Waals surface area contributed by atoms with Crippen LogP contribution in [-0.4, -0.2) is 33.3 Å². The summed E-state index contributed by atoms with van der Waals surface area (Å²) in [7, 11) is 0. The Kier molecular flexibility index (Phi) is 4.62. The predicted octanol–water partition coefficient (Wildman–Crippen LogP) is 2.54. The van der Waals surface area contributed by atoms with Crippen LogP contribution in [0, 0.1) is 0 Å². The van der Waals surface area contributed by atoms with Crippen molar-refractivity contribution in [3.05, 3.63) is 29.0 Å². The molecule has 2 heterocycles. The molecule has 2 aliphatic carbocycles. The molecule has 0 radical (unpaired) electrons. The number of aromatic nitrogens is 3. The number of anilines is 1. The van der Waals surface area contributed by atoms with Crippen LogP contribution in [0.3, 0.4) is 0 Å². The van der Waals surface area contributed by atoms with Crippen LogP contribution < -0.4 is 10.6 Å². The summed E-state index contributed by atoms with van der Waals surface area (Å²) in [5, 5.41) is 11.5. The summed E-state index contributed by atoms with van der Waals surface area (Å²) >= 11 is 1.63. The fraction of sp³-hybridized carbons (Fsp3) is 0.588. The van der Waals surface area contributed by atoms with Crippen molar-refractivity contribution in [2.75, 3.05) is 11.9 Å². The zero-order valence-electron chi connectivity index (χ0n) is 13.7. The summed E-state index contributed by atoms with van der Waals surface area (Å²) < 4.78 is 2.03. The van der Waals surface area contributed by atoms with Crippen LogP contribution >= 0.6 is 11.3 Å². The van der Waals surface area contributed by atoms with E-state index in [1.807, 2.05) is 23.1 Å². The monoisotopic (exact) mass is 345 g/mol. The molecule has 2 aromatic heterocycles. The van der Waals surface area contributed by atoms with Gasteiger partial charge in [0, 0.05) is 23.3 Å². The third-order valence-corrected chi connectivity index (χ3v) is 6.03. The fourth-order valence-electron chi connectivity index (χ4n) is 3.77. The van der Waals surface area contributed by atoms with Crippen molar-refractivity contribution in [3.63, 3.8) is 0 Å². The molecule has 4 rings (SSSR count). The molecule has 2 aromatic rings. The molecule has 0 aromatic carbocycles. The SMILES string of the molecule is O=C(CNC1CCCCC1n1cccn1)Nc1nc2c(s1)CCC2. The molecular weight excluding hydrogens is 322 g/mol. The Morgan fingerprint density at radius 1 is 1.29 bits per heavy atom. The van der Waals surface area contributed by atoms with Crippen LogP contribution in [0.25, 0.3) is 0 Å². The molecule has 1 amide bonds. The lowest BCUT2D eigenvalue weighted by atomic mass is 9.90. The van der Waals surface area contributed by atoms with Crippen LogP contribution in [0.15, 0.2) is 18.5 Å². The molecule has 0 aliphatic heterocycles. The lowest BCUT2D eigenvalue weighted by Gasteiger charge is -2.32. The molecular formula is C17H23N5OS. The number of nitrogens with one attached hydrogen (secondary N) is 2. The first kappa shape index (κ1) is 15.8. The van der Waals surface area contributed by atoms with Gasteiger partial charge in [0.1, 0.15) is 0 Å². The van der Waals surface area contributed by atoms with Gasteiger partial charge in [0.25, 0.3) is 0 Å². The van der Waals surface area contributed by atoms with Gasteiger partial charge in [-0.3, -0.25) is 9.48 Å². The van der Waals surface area contributed by atoms with Gasteiger partial charge in [0.05, 0.1) is 18.3 Å². The topological polar surface area (TPSA) is 71.8 Å². The number of carbonyl (C=O) groups is 1. The lowest BCUT2D eigenvalue weighted by Crippen LogP contribution is -2.43. The van der Waals surface area contributed by atoms with Crippen LogP contribution in [0.2, 0.25) is 0 Å². The highest BCUT2D eigenvalue weighted by Crippen LogP contribution is 2.30. The molecule has 6 nitrogen and oxygen atoms in total. The number of fused-ring (bicyclic) bond motifs is 1. The molecule has 2 aliphatic rings. The minimum atomic E-state index is -0.00721. The van der Waals surface area contributed by atoms with Crippen LogP contribution in [0.4, 0.5) is 5.13 Å². The Morgan fingerprint density at radius 3 is 3.04 bits per heavy atom. The lowest BCUT2D eigenvalue weighted by molar-refractivity contribution is -0.115. The van der Waals surface area contributed by atoms with Gasteiger partial charge in [-0.1, -0.05) is 12.8 Å². The highest BCUT2D eigenvalue weighted by Gasteiger charge is 2.27. The van der Waals surface area contributed by atoms with Crippen molar-refractivity contribution < 1.29 is 4.79 Å². The third-order valence-electron chi connectivity index (χ3n) is 4.96. The summed E-state index contributed by atoms with van der Waals surface area (Å²) in [6.07, 6.45) is 11.8. The van der Waals surface area contributed by atoms with E-state index in [1.165, 1.54) is 29.8 Å². The van der Waals surface area contributed by atoms with E-state index in [1.54, 1.807) is 11.3 Å². The van der Waals surface area contributed by atoms with E-state index in [0.29, 0.717) is 18.6 Å². The maximum Gasteiger partial charge on any atom is 0.240 e. The summed E-state index contributed by atoms with van der Waals surface area (Å²) in [5.41, 5.74) is 1.18. The van der Waals surface area contributed by atoms with Gasteiger partial charge >= 0.3 is 0 Å². The molecule has 2 N–H and O–H groups in total. The first-order valence-corrected chi connectivity index (χ1v) is 9.62. The number of thiazole rings is 1. The first-order chi connectivity index (χ1) is 11.8. The van der Waals surface area contributed by atoms with Gasteiger partial charge in [-0.25, -0.2) is 4.98 Å². The minimum absolute atomic E-state index is 0.00721. The molecule has 0 saturated heterocycles. The fourth-order valence-corrected chi connectivity index (χ4v) is 4.84. The van der Waals surface area contributed by atoms with Gasteiger partial charge in [-0.2, -0.15) is 5.10 Å². The number of hydrogen-bond donors (Lipinski definition) is 2. The zero-order valence-corrected chi connectivity index (χ0v) is 14.5. The average molecular weight is 345 g/mol. The number of nitrogens with zero attached hydrogens (tertiary/aromatic N) is 3. The Morgan fingerprint density at radius 2 is 2.21 bits per heavy atom. The normalized spacial score (nSPS) is 23.2. The van der Waals surface area contributed by atoms with Gasteiger partial charge in [-0.15, -0.1) is 11.3 Å². The van der Waals surface area contributed by atoms with Crippen molar-refractivity contribution in [2.45, 2.75) is 57.0 Å². The third kappa shape index (κ3) is 3.37. The van der Waals surface area contributed by atoms with Crippen molar-refractivity contribution in [1.82, 2.24) is 20.1 Å². The maximum atomic E-state index is 12.2. The van der Waals surface area contributed by atoms with E-state index in [0.717, 1.165) is 30.8 Å². The summed E-state index contributed by atoms with van der Waals surface area (Å²) in [6, 6.07) is 2.59. The highest BCUT2D eigenvalue weighted by molar-refractivity contribution is 7.15. The van der Waals surface area contributed by atoms with Crippen molar-refractivity contribution in [1.29, 1.82) is 0 Å². The van der Waals surface area contributed by atoms with E-state index < -0.39 is 0 Å². The van der Waals surface area contributed by atoms with Crippen molar-refractivity contribution >= 4 is 22.4 Å². The van der Waals surface area contributed by atoms with E-state index in [-0.39, 0.29) is 5.91 Å². The van der Waals surface area contributed by atoms with Gasteiger partial charge < -0.3 is 10.6 Å². The number of aryl methyl sites for hydroxylation is 2. The number of amides is 1. The second-order valence-corrected chi connectivity index (χ2v) is 7.70. The highest BCUT2D eigenvalue weighted by atomic mass is 32.1. The molecule has 7 heteroatoms. The number of carbonyl (C=O) groups excluding carboxylic acids is 1. The molecule has 2 unspecified atom stereocenters. The second kappa shape index (κ2) is 7.03. The Bertz CT molecular complexity index is 674. The second-order valence-electron chi connectivity index (χ2n) is 6.62. The Hall–Kier alpha value is -1.73. The maximum absolute atomic E-state index is 12.2. The molecule has 24 heavy (non-hydrogen) atoms. The summed E-state index contributed by atoms with van der Waals surface area (Å²) in [6.45, 7) is 0.326. The Labute approximate surface area is 145 Å². The zero-order chi connectivity index (χ0) is 16.4. The van der Waals surface area contributed by atoms with Crippen LogP contribution in [0.1, 0.15) is 48.7 Å². The van der Waals surface area contributed by atoms with Gasteiger partial charge in [0.2, 0.25) is 5.91 Å². The molecule has 0 spiro atoms. The summed E-state index contributed by atoms with van der Waals surface area (Å²) in [5.74, 6) is -0.00721. The molecule has 128 valence electrons. The molecule has 2 atom stereocenters. The van der Waals surface area contributed by atoms with E-state index in [4.69, 9.17) is 0 Å². The van der Waals surface area contributed by atoms with Crippen LogP contribution in [-0.2, 0) is 17.6 Å². The van der Waals surface area contributed by atoms with E-state index >= 15 is 0 Å². The molecule has 1 fully saturated rings. The largest absolute Gasteiger partial charge is 0.303 e. The standard InChI is InChI=1S/C17H23N5OS/c23-16(21-17-20-13-6-3-8-15(13)24-17)11-18-12-5-1-2-7-14(12)22-10-4-9-19-22/h4,9-10,12,14,18H,1-3,5-8,11H2,(H,20,21,23). The quantitative estimate of drug-likeness (QED) is 0.873. The van der Waals surface area contributed by atoms with Gasteiger partial charge in [-0.05, 0) is 38.2 Å². The minimum Gasteiger partial charge on any atom is -0.303 e. The van der Waals surface area contributed by atoms with Crippen molar-refractivity contribution in [3.8, 4) is 0 Å². The predicted molar refractivity (Wildman–Crippen MR) is 94.3 cm³/mol. The smallest absolute Gasteiger partial charge is 0.240 e. The first-order valence-electron chi connectivity index (χ1n) is 8.80. The summed E-state index contributed by atoms with van der Waals surface area (Å²) in [4.78, 5) is 18.1. The van der Waals surface area contributed by atoms with Crippen molar-refractivity contribution in [2.24, 2.45) is 0 Å². The van der Waals surface area contributed by atoms with Gasteiger partial charge in [0.15, 0.2) is 5.13 Å². The number of hydrogen-bond acceptors (Lipinski definition) is 5. The number of rotatable bonds is 5.